The highest BCUT2D eigenvalue weighted by molar-refractivity contribution is 5.94. The Morgan fingerprint density at radius 3 is 2.70 bits per heavy atom. The normalized spacial score (nSPS) is 17.1. The van der Waals surface area contributed by atoms with Crippen LogP contribution in [-0.4, -0.2) is 80.0 Å². The number of rotatable bonds is 7. The van der Waals surface area contributed by atoms with Crippen LogP contribution in [-0.2, 0) is 4.74 Å². The number of carbonyl (C=O) groups excluding carboxylic acids is 1. The van der Waals surface area contributed by atoms with Crippen LogP contribution in [0.3, 0.4) is 0 Å². The summed E-state index contributed by atoms with van der Waals surface area (Å²) < 4.78 is 10.4. The van der Waals surface area contributed by atoms with Gasteiger partial charge in [0.05, 0.1) is 19.8 Å². The van der Waals surface area contributed by atoms with E-state index < -0.39 is 6.10 Å². The average molecular weight is 322 g/mol. The number of piperazine rings is 1. The SMILES string of the molecule is CCOC[C@@H](O)CN1CCN(C(=O)c2cccc(OC)c2)CC1. The minimum atomic E-state index is -0.476. The van der Waals surface area contributed by atoms with E-state index in [-0.39, 0.29) is 5.91 Å². The first kappa shape index (κ1) is 17.7. The molecule has 6 nitrogen and oxygen atoms in total. The van der Waals surface area contributed by atoms with Gasteiger partial charge in [-0.1, -0.05) is 6.07 Å². The lowest BCUT2D eigenvalue weighted by Gasteiger charge is -2.35. The molecule has 1 aromatic carbocycles. The number of aliphatic hydroxyl groups excluding tert-OH is 1. The van der Waals surface area contributed by atoms with Gasteiger partial charge in [0.1, 0.15) is 5.75 Å². The summed E-state index contributed by atoms with van der Waals surface area (Å²) in [4.78, 5) is 16.5. The van der Waals surface area contributed by atoms with E-state index in [1.54, 1.807) is 13.2 Å². The summed E-state index contributed by atoms with van der Waals surface area (Å²) in [6.07, 6.45) is -0.476. The molecule has 23 heavy (non-hydrogen) atoms. The summed E-state index contributed by atoms with van der Waals surface area (Å²) in [7, 11) is 1.59. The van der Waals surface area contributed by atoms with Crippen molar-refractivity contribution in [1.82, 2.24) is 9.80 Å². The van der Waals surface area contributed by atoms with Gasteiger partial charge in [0.25, 0.3) is 5.91 Å². The van der Waals surface area contributed by atoms with Gasteiger partial charge in [0.15, 0.2) is 0 Å². The van der Waals surface area contributed by atoms with Crippen LogP contribution in [0.5, 0.6) is 5.75 Å². The second kappa shape index (κ2) is 8.86. The van der Waals surface area contributed by atoms with Crippen LogP contribution < -0.4 is 4.74 Å². The summed E-state index contributed by atoms with van der Waals surface area (Å²) >= 11 is 0. The Kier molecular flexibility index (Phi) is 6.83. The second-order valence-corrected chi connectivity index (χ2v) is 5.64. The van der Waals surface area contributed by atoms with Crippen molar-refractivity contribution in [1.29, 1.82) is 0 Å². The van der Waals surface area contributed by atoms with Gasteiger partial charge in [-0.25, -0.2) is 0 Å². The molecule has 0 spiro atoms. The highest BCUT2D eigenvalue weighted by Gasteiger charge is 2.23. The van der Waals surface area contributed by atoms with Gasteiger partial charge >= 0.3 is 0 Å². The zero-order chi connectivity index (χ0) is 16.7. The van der Waals surface area contributed by atoms with Crippen LogP contribution in [0.4, 0.5) is 0 Å². The van der Waals surface area contributed by atoms with Crippen molar-refractivity contribution in [2.75, 3.05) is 53.0 Å². The van der Waals surface area contributed by atoms with E-state index >= 15 is 0 Å². The number of hydrogen-bond acceptors (Lipinski definition) is 5. The van der Waals surface area contributed by atoms with Crippen LogP contribution in [0.2, 0.25) is 0 Å². The van der Waals surface area contributed by atoms with Crippen LogP contribution in [0.15, 0.2) is 24.3 Å². The fourth-order valence-corrected chi connectivity index (χ4v) is 2.68. The van der Waals surface area contributed by atoms with Crippen LogP contribution in [0.1, 0.15) is 17.3 Å². The highest BCUT2D eigenvalue weighted by Crippen LogP contribution is 2.15. The molecule has 1 atom stereocenters. The number of β-amino-alcohol motifs (C(OH)–C–C–N with tert-alkyl or cyclic N) is 1. The fourth-order valence-electron chi connectivity index (χ4n) is 2.68. The number of amides is 1. The lowest BCUT2D eigenvalue weighted by atomic mass is 10.1. The van der Waals surface area contributed by atoms with E-state index in [2.05, 4.69) is 4.90 Å². The number of methoxy groups -OCH3 is 1. The van der Waals surface area contributed by atoms with Gasteiger partial charge < -0.3 is 19.5 Å². The first-order valence-corrected chi connectivity index (χ1v) is 8.05. The Hall–Kier alpha value is -1.63. The van der Waals surface area contributed by atoms with Crippen molar-refractivity contribution in [3.05, 3.63) is 29.8 Å². The maximum Gasteiger partial charge on any atom is 0.254 e. The standard InChI is InChI=1S/C17H26N2O4/c1-3-23-13-15(20)12-18-7-9-19(10-8-18)17(21)14-5-4-6-16(11-14)22-2/h4-6,11,15,20H,3,7-10,12-13H2,1-2H3/t15-/m0/s1. The Morgan fingerprint density at radius 2 is 2.04 bits per heavy atom. The molecule has 0 aliphatic carbocycles. The molecule has 0 saturated carbocycles. The molecular formula is C17H26N2O4. The van der Waals surface area contributed by atoms with Gasteiger partial charge in [0, 0.05) is 44.9 Å². The van der Waals surface area contributed by atoms with Gasteiger partial charge in [-0.05, 0) is 25.1 Å². The molecule has 0 unspecified atom stereocenters. The molecule has 1 amide bonds. The number of aliphatic hydroxyl groups is 1. The molecule has 0 radical (unpaired) electrons. The molecule has 1 aliphatic rings. The third-order valence-electron chi connectivity index (χ3n) is 3.96. The number of hydrogen-bond donors (Lipinski definition) is 1. The van der Waals surface area contributed by atoms with E-state index in [0.29, 0.717) is 44.2 Å². The summed E-state index contributed by atoms with van der Waals surface area (Å²) in [5, 5.41) is 9.88. The molecule has 1 aromatic rings. The summed E-state index contributed by atoms with van der Waals surface area (Å²) in [6.45, 7) is 6.32. The molecule has 128 valence electrons. The van der Waals surface area contributed by atoms with Crippen molar-refractivity contribution < 1.29 is 19.4 Å². The first-order valence-electron chi connectivity index (χ1n) is 8.05. The second-order valence-electron chi connectivity index (χ2n) is 5.64. The molecular weight excluding hydrogens is 296 g/mol. The Balaban J connectivity index is 1.82. The van der Waals surface area contributed by atoms with E-state index in [1.807, 2.05) is 30.0 Å². The van der Waals surface area contributed by atoms with Gasteiger partial charge in [-0.2, -0.15) is 0 Å². The van der Waals surface area contributed by atoms with Crippen molar-refractivity contribution >= 4 is 5.91 Å². The van der Waals surface area contributed by atoms with E-state index in [9.17, 15) is 9.90 Å². The van der Waals surface area contributed by atoms with E-state index in [1.165, 1.54) is 0 Å². The summed E-state index contributed by atoms with van der Waals surface area (Å²) in [5.41, 5.74) is 0.647. The van der Waals surface area contributed by atoms with E-state index in [0.717, 1.165) is 13.1 Å². The molecule has 0 bridgehead atoms. The quantitative estimate of drug-likeness (QED) is 0.806. The smallest absolute Gasteiger partial charge is 0.254 e. The Morgan fingerprint density at radius 1 is 1.30 bits per heavy atom. The Labute approximate surface area is 137 Å². The lowest BCUT2D eigenvalue weighted by Crippen LogP contribution is -2.50. The van der Waals surface area contributed by atoms with Crippen LogP contribution in [0, 0.1) is 0 Å². The molecule has 1 aliphatic heterocycles. The van der Waals surface area contributed by atoms with Gasteiger partial charge in [-0.15, -0.1) is 0 Å². The van der Waals surface area contributed by atoms with Crippen molar-refractivity contribution in [2.24, 2.45) is 0 Å². The lowest BCUT2D eigenvalue weighted by molar-refractivity contribution is 0.0111. The zero-order valence-corrected chi connectivity index (χ0v) is 13.9. The predicted molar refractivity (Wildman–Crippen MR) is 87.8 cm³/mol. The third-order valence-corrected chi connectivity index (χ3v) is 3.96. The fraction of sp³-hybridized carbons (Fsp3) is 0.588. The largest absolute Gasteiger partial charge is 0.497 e. The molecule has 1 N–H and O–H groups in total. The van der Waals surface area contributed by atoms with Gasteiger partial charge in [0.2, 0.25) is 0 Å². The number of benzene rings is 1. The van der Waals surface area contributed by atoms with Crippen LogP contribution in [0.25, 0.3) is 0 Å². The number of nitrogens with zero attached hydrogens (tertiary/aromatic N) is 2. The minimum Gasteiger partial charge on any atom is -0.497 e. The summed E-state index contributed by atoms with van der Waals surface area (Å²) in [5.74, 6) is 0.715. The van der Waals surface area contributed by atoms with Crippen molar-refractivity contribution in [3.63, 3.8) is 0 Å². The van der Waals surface area contributed by atoms with Crippen LogP contribution >= 0.6 is 0 Å². The molecule has 6 heteroatoms. The van der Waals surface area contributed by atoms with Crippen molar-refractivity contribution in [3.8, 4) is 5.75 Å². The predicted octanol–water partition coefficient (Wildman–Crippen LogP) is 0.850. The third kappa shape index (κ3) is 5.20. The van der Waals surface area contributed by atoms with Gasteiger partial charge in [-0.3, -0.25) is 9.69 Å². The zero-order valence-electron chi connectivity index (χ0n) is 13.9. The maximum absolute atomic E-state index is 12.5. The monoisotopic (exact) mass is 322 g/mol. The minimum absolute atomic E-state index is 0.0263. The number of carbonyl (C=O) groups is 1. The van der Waals surface area contributed by atoms with Crippen molar-refractivity contribution in [2.45, 2.75) is 13.0 Å². The molecule has 2 rings (SSSR count). The molecule has 1 heterocycles. The summed E-state index contributed by atoms with van der Waals surface area (Å²) in [6, 6.07) is 7.23. The Bertz CT molecular complexity index is 501. The first-order chi connectivity index (χ1) is 11.1. The molecule has 1 fully saturated rings. The average Bonchev–Trinajstić information content (AvgIpc) is 2.60. The van der Waals surface area contributed by atoms with E-state index in [4.69, 9.17) is 9.47 Å². The highest BCUT2D eigenvalue weighted by atomic mass is 16.5. The topological polar surface area (TPSA) is 62.2 Å². The number of ether oxygens (including phenoxy) is 2. The maximum atomic E-state index is 12.5. The molecule has 1 saturated heterocycles. The molecule has 0 aromatic heterocycles.